The van der Waals surface area contributed by atoms with E-state index in [-0.39, 0.29) is 28.3 Å². The molecule has 1 saturated heterocycles. The highest BCUT2D eigenvalue weighted by atomic mass is 32.2. The van der Waals surface area contributed by atoms with Crippen LogP contribution >= 0.6 is 0 Å². The van der Waals surface area contributed by atoms with E-state index < -0.39 is 10.0 Å². The Kier molecular flexibility index (Phi) is 6.15. The second-order valence-corrected chi connectivity index (χ2v) is 10.0. The lowest BCUT2D eigenvalue weighted by Gasteiger charge is -2.31. The molecule has 1 aromatic heterocycles. The van der Waals surface area contributed by atoms with Crippen LogP contribution in [0.1, 0.15) is 57.8 Å². The van der Waals surface area contributed by atoms with E-state index in [4.69, 9.17) is 0 Å². The molecule has 1 aromatic carbocycles. The fourth-order valence-electron chi connectivity index (χ4n) is 4.41. The summed E-state index contributed by atoms with van der Waals surface area (Å²) in [6, 6.07) is 5.09. The molecule has 8 nitrogen and oxygen atoms in total. The van der Waals surface area contributed by atoms with Crippen molar-refractivity contribution < 1.29 is 17.8 Å². The third-order valence-electron chi connectivity index (χ3n) is 6.14. The molecule has 0 spiro atoms. The van der Waals surface area contributed by atoms with Gasteiger partial charge in [0.25, 0.3) is 0 Å². The second-order valence-electron chi connectivity index (χ2n) is 8.12. The lowest BCUT2D eigenvalue weighted by Crippen LogP contribution is -2.45. The zero-order valence-electron chi connectivity index (χ0n) is 16.5. The molecule has 1 N–H and O–H groups in total. The molecule has 158 valence electrons. The van der Waals surface area contributed by atoms with Crippen molar-refractivity contribution in [3.05, 3.63) is 18.2 Å². The van der Waals surface area contributed by atoms with Crippen LogP contribution in [0.25, 0.3) is 11.0 Å². The molecule has 2 fully saturated rings. The molecule has 0 bridgehead atoms. The van der Waals surface area contributed by atoms with Gasteiger partial charge in [-0.3, -0.25) is 4.79 Å². The Labute approximate surface area is 171 Å². The van der Waals surface area contributed by atoms with E-state index in [1.807, 2.05) is 0 Å². The Bertz CT molecular complexity index is 942. The van der Waals surface area contributed by atoms with Gasteiger partial charge in [-0.05, 0) is 48.1 Å². The average Bonchev–Trinajstić information content (AvgIpc) is 3.18. The SMILES string of the molecule is O=C(NC1CCCCCCC1)C1CCN(S(=O)(=O)c2cccc3nonc23)CC1. The van der Waals surface area contributed by atoms with E-state index in [0.717, 1.165) is 12.8 Å². The summed E-state index contributed by atoms with van der Waals surface area (Å²) in [7, 11) is -3.70. The zero-order valence-corrected chi connectivity index (χ0v) is 17.4. The van der Waals surface area contributed by atoms with E-state index >= 15 is 0 Å². The summed E-state index contributed by atoms with van der Waals surface area (Å²) in [6.07, 6.45) is 9.30. The van der Waals surface area contributed by atoms with Crippen LogP contribution in [0.4, 0.5) is 0 Å². The first kappa shape index (κ1) is 20.3. The third-order valence-corrected chi connectivity index (χ3v) is 8.07. The largest absolute Gasteiger partial charge is 0.353 e. The van der Waals surface area contributed by atoms with Crippen LogP contribution in [0.15, 0.2) is 27.7 Å². The Balaban J connectivity index is 1.37. The molecule has 1 saturated carbocycles. The first-order valence-corrected chi connectivity index (χ1v) is 12.0. The minimum atomic E-state index is -3.70. The lowest BCUT2D eigenvalue weighted by atomic mass is 9.94. The molecular formula is C20H28N4O4S. The summed E-state index contributed by atoms with van der Waals surface area (Å²) in [5, 5.41) is 10.7. The molecule has 1 amide bonds. The minimum absolute atomic E-state index is 0.0791. The van der Waals surface area contributed by atoms with Gasteiger partial charge < -0.3 is 5.32 Å². The zero-order chi connectivity index (χ0) is 20.3. The van der Waals surface area contributed by atoms with Crippen molar-refractivity contribution in [1.29, 1.82) is 0 Å². The number of nitrogens with one attached hydrogen (secondary N) is 1. The van der Waals surface area contributed by atoms with Crippen LogP contribution in [0, 0.1) is 5.92 Å². The first-order chi connectivity index (χ1) is 14.1. The molecule has 1 aliphatic heterocycles. The molecule has 29 heavy (non-hydrogen) atoms. The van der Waals surface area contributed by atoms with Crippen molar-refractivity contribution in [2.75, 3.05) is 13.1 Å². The predicted octanol–water partition coefficient (Wildman–Crippen LogP) is 2.85. The predicted molar refractivity (Wildman–Crippen MR) is 108 cm³/mol. The van der Waals surface area contributed by atoms with Crippen LogP contribution in [0.2, 0.25) is 0 Å². The van der Waals surface area contributed by atoms with Gasteiger partial charge in [0, 0.05) is 25.0 Å². The van der Waals surface area contributed by atoms with Gasteiger partial charge in [-0.2, -0.15) is 4.31 Å². The Morgan fingerprint density at radius 1 is 1.00 bits per heavy atom. The number of aromatic nitrogens is 2. The van der Waals surface area contributed by atoms with Gasteiger partial charge >= 0.3 is 0 Å². The summed E-state index contributed by atoms with van der Waals surface area (Å²) in [6.45, 7) is 0.652. The summed E-state index contributed by atoms with van der Waals surface area (Å²) in [4.78, 5) is 12.8. The van der Waals surface area contributed by atoms with Gasteiger partial charge in [-0.15, -0.1) is 0 Å². The maximum Gasteiger partial charge on any atom is 0.245 e. The average molecular weight is 421 g/mol. The number of carbonyl (C=O) groups excluding carboxylic acids is 1. The molecule has 2 aromatic rings. The molecule has 0 unspecified atom stereocenters. The number of amides is 1. The molecule has 9 heteroatoms. The highest BCUT2D eigenvalue weighted by Crippen LogP contribution is 2.28. The number of hydrogen-bond donors (Lipinski definition) is 1. The Morgan fingerprint density at radius 3 is 2.41 bits per heavy atom. The van der Waals surface area contributed by atoms with Crippen LogP contribution in [0.5, 0.6) is 0 Å². The number of fused-ring (bicyclic) bond motifs is 1. The van der Waals surface area contributed by atoms with Gasteiger partial charge in [0.2, 0.25) is 15.9 Å². The molecule has 2 heterocycles. The van der Waals surface area contributed by atoms with Crippen molar-refractivity contribution in [3.8, 4) is 0 Å². The molecule has 0 atom stereocenters. The highest BCUT2D eigenvalue weighted by molar-refractivity contribution is 7.89. The monoisotopic (exact) mass is 420 g/mol. The number of carbonyl (C=O) groups is 1. The number of sulfonamides is 1. The third kappa shape index (κ3) is 4.45. The quantitative estimate of drug-likeness (QED) is 0.815. The molecule has 2 aliphatic rings. The molecule has 1 aliphatic carbocycles. The van der Waals surface area contributed by atoms with E-state index in [0.29, 0.717) is 31.4 Å². The normalized spacial score (nSPS) is 21.0. The number of benzene rings is 1. The fourth-order valence-corrected chi connectivity index (χ4v) is 6.01. The second kappa shape index (κ2) is 8.79. The Hall–Kier alpha value is -2.00. The minimum Gasteiger partial charge on any atom is -0.353 e. The number of nitrogens with zero attached hydrogens (tertiary/aromatic N) is 3. The topological polar surface area (TPSA) is 105 Å². The molecule has 0 radical (unpaired) electrons. The number of hydrogen-bond acceptors (Lipinski definition) is 6. The van der Waals surface area contributed by atoms with Gasteiger partial charge in [-0.25, -0.2) is 13.0 Å². The van der Waals surface area contributed by atoms with Crippen molar-refractivity contribution in [2.45, 2.75) is 68.7 Å². The molecule has 4 rings (SSSR count). The fraction of sp³-hybridized carbons (Fsp3) is 0.650. The van der Waals surface area contributed by atoms with Crippen molar-refractivity contribution in [2.24, 2.45) is 5.92 Å². The van der Waals surface area contributed by atoms with E-state index in [2.05, 4.69) is 20.3 Å². The van der Waals surface area contributed by atoms with E-state index in [1.165, 1.54) is 42.5 Å². The summed E-state index contributed by atoms with van der Waals surface area (Å²) < 4.78 is 32.3. The van der Waals surface area contributed by atoms with Crippen molar-refractivity contribution >= 4 is 27.0 Å². The van der Waals surface area contributed by atoms with E-state index in [1.54, 1.807) is 12.1 Å². The van der Waals surface area contributed by atoms with Gasteiger partial charge in [0.05, 0.1) is 0 Å². The lowest BCUT2D eigenvalue weighted by molar-refractivity contribution is -0.127. The van der Waals surface area contributed by atoms with Crippen LogP contribution in [0.3, 0.4) is 0 Å². The van der Waals surface area contributed by atoms with Gasteiger partial charge in [0.1, 0.15) is 10.4 Å². The first-order valence-electron chi connectivity index (χ1n) is 10.6. The summed E-state index contributed by atoms with van der Waals surface area (Å²) in [5.74, 6) is -0.0492. The van der Waals surface area contributed by atoms with Gasteiger partial charge in [-0.1, -0.05) is 38.2 Å². The van der Waals surface area contributed by atoms with E-state index in [9.17, 15) is 13.2 Å². The maximum atomic E-state index is 13.1. The van der Waals surface area contributed by atoms with Crippen molar-refractivity contribution in [3.63, 3.8) is 0 Å². The summed E-state index contributed by atoms with van der Waals surface area (Å²) >= 11 is 0. The van der Waals surface area contributed by atoms with Crippen LogP contribution in [-0.2, 0) is 14.8 Å². The van der Waals surface area contributed by atoms with Gasteiger partial charge in [0.15, 0.2) is 5.52 Å². The smallest absolute Gasteiger partial charge is 0.245 e. The highest BCUT2D eigenvalue weighted by Gasteiger charge is 2.34. The van der Waals surface area contributed by atoms with Crippen LogP contribution in [-0.4, -0.2) is 48.1 Å². The maximum absolute atomic E-state index is 13.1. The standard InChI is InChI=1S/C20H28N4O4S/c25-20(21-16-7-4-2-1-3-5-8-16)15-11-13-24(14-12-15)29(26,27)18-10-6-9-17-19(18)23-28-22-17/h6,9-10,15-16H,1-5,7-8,11-14H2,(H,21,25). The molecular weight excluding hydrogens is 392 g/mol. The number of rotatable bonds is 4. The Morgan fingerprint density at radius 2 is 1.69 bits per heavy atom. The summed E-state index contributed by atoms with van der Waals surface area (Å²) in [5.41, 5.74) is 0.663. The van der Waals surface area contributed by atoms with Crippen LogP contribution < -0.4 is 5.32 Å². The number of piperidine rings is 1. The van der Waals surface area contributed by atoms with Crippen molar-refractivity contribution in [1.82, 2.24) is 19.9 Å².